The summed E-state index contributed by atoms with van der Waals surface area (Å²) < 4.78 is 1.87. The number of rotatable bonds is 4. The molecule has 1 aliphatic rings. The number of likely N-dealkylation sites (tertiary alicyclic amines) is 1. The van der Waals surface area contributed by atoms with Crippen molar-refractivity contribution < 1.29 is 0 Å². The third-order valence-electron chi connectivity index (χ3n) is 4.48. The molecule has 1 aromatic carbocycles. The van der Waals surface area contributed by atoms with Gasteiger partial charge in [-0.1, -0.05) is 23.7 Å². The molecular formula is C18H24ClN5. The van der Waals surface area contributed by atoms with Crippen LogP contribution in [-0.4, -0.2) is 47.3 Å². The third-order valence-corrected chi connectivity index (χ3v) is 4.72. The van der Waals surface area contributed by atoms with Crippen molar-refractivity contribution in [2.24, 2.45) is 12.0 Å². The normalized spacial score (nSPS) is 18.2. The van der Waals surface area contributed by atoms with Crippen molar-refractivity contribution in [3.8, 4) is 0 Å². The van der Waals surface area contributed by atoms with Gasteiger partial charge in [0.05, 0.1) is 6.20 Å². The minimum Gasteiger partial charge on any atom is -0.356 e. The van der Waals surface area contributed by atoms with Gasteiger partial charge in [-0.3, -0.25) is 9.67 Å². The Balaban J connectivity index is 1.52. The van der Waals surface area contributed by atoms with Gasteiger partial charge in [-0.15, -0.1) is 0 Å². The quantitative estimate of drug-likeness (QED) is 0.684. The Kier molecular flexibility index (Phi) is 5.41. The summed E-state index contributed by atoms with van der Waals surface area (Å²) in [6.45, 7) is 2.86. The molecule has 2 aromatic rings. The van der Waals surface area contributed by atoms with Crippen molar-refractivity contribution in [3.05, 3.63) is 52.8 Å². The predicted molar refractivity (Wildman–Crippen MR) is 98.7 cm³/mol. The highest BCUT2D eigenvalue weighted by Gasteiger charge is 2.26. The van der Waals surface area contributed by atoms with Crippen LogP contribution in [0, 0.1) is 0 Å². The molecule has 0 bridgehead atoms. The molecule has 0 spiro atoms. The van der Waals surface area contributed by atoms with E-state index in [0.717, 1.165) is 43.5 Å². The minimum absolute atomic E-state index is 0.533. The number of halogens is 1. The summed E-state index contributed by atoms with van der Waals surface area (Å²) in [5.74, 6) is 1.51. The van der Waals surface area contributed by atoms with Gasteiger partial charge in [-0.2, -0.15) is 5.10 Å². The molecule has 24 heavy (non-hydrogen) atoms. The Morgan fingerprint density at radius 2 is 2.33 bits per heavy atom. The molecule has 0 amide bonds. The number of nitrogens with one attached hydrogen (secondary N) is 1. The second-order valence-corrected chi connectivity index (χ2v) is 6.67. The molecule has 1 atom stereocenters. The van der Waals surface area contributed by atoms with Crippen LogP contribution < -0.4 is 5.32 Å². The van der Waals surface area contributed by atoms with E-state index < -0.39 is 0 Å². The van der Waals surface area contributed by atoms with Crippen molar-refractivity contribution in [1.29, 1.82) is 0 Å². The van der Waals surface area contributed by atoms with Crippen LogP contribution in [0.4, 0.5) is 0 Å². The minimum atomic E-state index is 0.533. The van der Waals surface area contributed by atoms with E-state index in [1.165, 1.54) is 11.1 Å². The van der Waals surface area contributed by atoms with E-state index >= 15 is 0 Å². The van der Waals surface area contributed by atoms with E-state index in [1.807, 2.05) is 43.2 Å². The Bertz CT molecular complexity index is 709. The fraction of sp³-hybridized carbons (Fsp3) is 0.444. The van der Waals surface area contributed by atoms with Crippen LogP contribution >= 0.6 is 11.6 Å². The predicted octanol–water partition coefficient (Wildman–Crippen LogP) is 2.68. The Labute approximate surface area is 148 Å². The Morgan fingerprint density at radius 1 is 1.46 bits per heavy atom. The molecule has 2 heterocycles. The zero-order chi connectivity index (χ0) is 16.9. The van der Waals surface area contributed by atoms with Gasteiger partial charge in [0, 0.05) is 50.9 Å². The monoisotopic (exact) mass is 345 g/mol. The second kappa shape index (κ2) is 7.71. The van der Waals surface area contributed by atoms with Gasteiger partial charge in [-0.05, 0) is 36.1 Å². The largest absolute Gasteiger partial charge is 0.356 e. The standard InChI is InChI=1S/C18H24ClN5/c1-20-18(21-8-6-14-4-3-5-17(19)10-14)24-9-7-15(13-24)16-11-22-23(2)12-16/h3-5,10-12,15H,6-9,13H2,1-2H3,(H,20,21). The molecule has 1 aromatic heterocycles. The number of guanidine groups is 1. The van der Waals surface area contributed by atoms with Crippen LogP contribution in [0.25, 0.3) is 0 Å². The summed E-state index contributed by atoms with van der Waals surface area (Å²) in [4.78, 5) is 6.77. The van der Waals surface area contributed by atoms with E-state index in [4.69, 9.17) is 11.6 Å². The summed E-state index contributed by atoms with van der Waals surface area (Å²) >= 11 is 6.03. The maximum absolute atomic E-state index is 6.03. The fourth-order valence-corrected chi connectivity index (χ4v) is 3.43. The second-order valence-electron chi connectivity index (χ2n) is 6.23. The van der Waals surface area contributed by atoms with Gasteiger partial charge >= 0.3 is 0 Å². The number of hydrogen-bond acceptors (Lipinski definition) is 2. The molecule has 0 saturated carbocycles. The first-order valence-corrected chi connectivity index (χ1v) is 8.72. The third kappa shape index (κ3) is 4.09. The van der Waals surface area contributed by atoms with E-state index in [9.17, 15) is 0 Å². The van der Waals surface area contributed by atoms with Crippen LogP contribution in [0.5, 0.6) is 0 Å². The smallest absolute Gasteiger partial charge is 0.193 e. The van der Waals surface area contributed by atoms with Crippen molar-refractivity contribution in [2.75, 3.05) is 26.7 Å². The number of aliphatic imine (C=N–C) groups is 1. The van der Waals surface area contributed by atoms with Gasteiger partial charge in [0.2, 0.25) is 0 Å². The van der Waals surface area contributed by atoms with Crippen LogP contribution in [0.1, 0.15) is 23.5 Å². The highest BCUT2D eigenvalue weighted by Crippen LogP contribution is 2.26. The SMILES string of the molecule is CN=C(NCCc1cccc(Cl)c1)N1CCC(c2cnn(C)c2)C1. The average Bonchev–Trinajstić information content (AvgIpc) is 3.20. The van der Waals surface area contributed by atoms with Gasteiger partial charge in [0.1, 0.15) is 0 Å². The van der Waals surface area contributed by atoms with Gasteiger partial charge in [0.15, 0.2) is 5.96 Å². The summed E-state index contributed by atoms with van der Waals surface area (Å²) in [6, 6.07) is 8.01. The number of aromatic nitrogens is 2. The van der Waals surface area contributed by atoms with Gasteiger partial charge < -0.3 is 10.2 Å². The number of nitrogens with zero attached hydrogens (tertiary/aromatic N) is 4. The van der Waals surface area contributed by atoms with Crippen LogP contribution in [0.2, 0.25) is 5.02 Å². The zero-order valence-corrected chi connectivity index (χ0v) is 15.0. The maximum atomic E-state index is 6.03. The van der Waals surface area contributed by atoms with Crippen molar-refractivity contribution in [2.45, 2.75) is 18.8 Å². The number of benzene rings is 1. The van der Waals surface area contributed by atoms with Crippen molar-refractivity contribution in [3.63, 3.8) is 0 Å². The Hall–Kier alpha value is -2.01. The molecule has 128 valence electrons. The first kappa shape index (κ1) is 16.8. The van der Waals surface area contributed by atoms with Crippen molar-refractivity contribution in [1.82, 2.24) is 20.0 Å². The number of hydrogen-bond donors (Lipinski definition) is 1. The van der Waals surface area contributed by atoms with E-state index in [0.29, 0.717) is 5.92 Å². The molecule has 3 rings (SSSR count). The molecule has 5 nitrogen and oxygen atoms in total. The zero-order valence-electron chi connectivity index (χ0n) is 14.2. The lowest BCUT2D eigenvalue weighted by Crippen LogP contribution is -2.40. The average molecular weight is 346 g/mol. The highest BCUT2D eigenvalue weighted by molar-refractivity contribution is 6.30. The highest BCUT2D eigenvalue weighted by atomic mass is 35.5. The summed E-state index contributed by atoms with van der Waals surface area (Å²) in [7, 11) is 3.81. The molecule has 1 unspecified atom stereocenters. The summed E-state index contributed by atoms with van der Waals surface area (Å²) in [5.41, 5.74) is 2.55. The Morgan fingerprint density at radius 3 is 3.04 bits per heavy atom. The number of aryl methyl sites for hydroxylation is 1. The van der Waals surface area contributed by atoms with Crippen molar-refractivity contribution >= 4 is 17.6 Å². The molecule has 0 radical (unpaired) electrons. The van der Waals surface area contributed by atoms with Gasteiger partial charge in [0.25, 0.3) is 0 Å². The van der Waals surface area contributed by atoms with Crippen LogP contribution in [0.3, 0.4) is 0 Å². The van der Waals surface area contributed by atoms with E-state index in [1.54, 1.807) is 0 Å². The maximum Gasteiger partial charge on any atom is 0.193 e. The van der Waals surface area contributed by atoms with Crippen LogP contribution in [0.15, 0.2) is 41.7 Å². The summed E-state index contributed by atoms with van der Waals surface area (Å²) in [5, 5.41) is 8.54. The molecule has 1 N–H and O–H groups in total. The lowest BCUT2D eigenvalue weighted by Gasteiger charge is -2.21. The fourth-order valence-electron chi connectivity index (χ4n) is 3.22. The van der Waals surface area contributed by atoms with Gasteiger partial charge in [-0.25, -0.2) is 0 Å². The molecule has 0 aliphatic carbocycles. The topological polar surface area (TPSA) is 45.5 Å². The van der Waals surface area contributed by atoms with Crippen LogP contribution in [-0.2, 0) is 13.5 Å². The molecule has 6 heteroatoms. The molecule has 1 saturated heterocycles. The van der Waals surface area contributed by atoms with E-state index in [2.05, 4.69) is 32.6 Å². The molecular weight excluding hydrogens is 322 g/mol. The first-order chi connectivity index (χ1) is 11.7. The molecule has 1 aliphatic heterocycles. The van der Waals surface area contributed by atoms with E-state index in [-0.39, 0.29) is 0 Å². The lowest BCUT2D eigenvalue weighted by molar-refractivity contribution is 0.486. The lowest BCUT2D eigenvalue weighted by atomic mass is 10.0. The first-order valence-electron chi connectivity index (χ1n) is 8.34. The molecule has 1 fully saturated rings. The summed E-state index contributed by atoms with van der Waals surface area (Å²) in [6.07, 6.45) is 6.16.